The number of amides is 1. The number of carbonyl (C=O) groups is 1. The van der Waals surface area contributed by atoms with Gasteiger partial charge in [-0.15, -0.1) is 35.9 Å². The van der Waals surface area contributed by atoms with Crippen molar-refractivity contribution in [1.29, 1.82) is 0 Å². The summed E-state index contributed by atoms with van der Waals surface area (Å²) < 4.78 is 1.13. The SMILES string of the molecule is CSc1cccc2sc(N(CCN(C)C)C(=O)CCCSc3ccccc3)nc12.Cl. The summed E-state index contributed by atoms with van der Waals surface area (Å²) in [5.41, 5.74) is 1.00. The van der Waals surface area contributed by atoms with E-state index in [0.29, 0.717) is 13.0 Å². The van der Waals surface area contributed by atoms with Crippen LogP contribution >= 0.6 is 47.3 Å². The normalized spacial score (nSPS) is 10.9. The number of carbonyl (C=O) groups excluding carboxylic acids is 1. The highest BCUT2D eigenvalue weighted by Gasteiger charge is 2.20. The lowest BCUT2D eigenvalue weighted by molar-refractivity contribution is -0.118. The molecule has 0 N–H and O–H groups in total. The maximum absolute atomic E-state index is 13.1. The molecule has 0 spiro atoms. The molecular formula is C22H28ClN3OS3. The molecule has 0 aliphatic heterocycles. The molecule has 0 saturated carbocycles. The van der Waals surface area contributed by atoms with Gasteiger partial charge in [-0.2, -0.15) is 0 Å². The second kappa shape index (κ2) is 12.6. The van der Waals surface area contributed by atoms with E-state index in [1.165, 1.54) is 4.90 Å². The Bertz CT molecular complexity index is 934. The summed E-state index contributed by atoms with van der Waals surface area (Å²) in [6.45, 7) is 1.47. The van der Waals surface area contributed by atoms with Gasteiger partial charge in [-0.25, -0.2) is 4.98 Å². The Hall–Kier alpha value is -1.25. The Morgan fingerprint density at radius 2 is 1.83 bits per heavy atom. The van der Waals surface area contributed by atoms with Gasteiger partial charge in [0, 0.05) is 29.3 Å². The standard InChI is InChI=1S/C22H27N3OS3.ClH/c1-24(2)14-15-25(20(26)13-8-16-28-17-9-5-4-6-10-17)22-23-21-18(27-3)11-7-12-19(21)29-22;/h4-7,9-12H,8,13-16H2,1-3H3;1H. The molecule has 0 aliphatic rings. The molecule has 0 radical (unpaired) electrons. The topological polar surface area (TPSA) is 36.4 Å². The third-order valence-electron chi connectivity index (χ3n) is 4.44. The van der Waals surface area contributed by atoms with E-state index in [2.05, 4.69) is 41.5 Å². The predicted octanol–water partition coefficient (Wildman–Crippen LogP) is 5.91. The molecule has 8 heteroatoms. The van der Waals surface area contributed by atoms with Gasteiger partial charge in [0.1, 0.15) is 0 Å². The van der Waals surface area contributed by atoms with Gasteiger partial charge in [0.15, 0.2) is 5.13 Å². The molecule has 30 heavy (non-hydrogen) atoms. The number of halogens is 1. The van der Waals surface area contributed by atoms with Gasteiger partial charge in [0.05, 0.1) is 10.2 Å². The predicted molar refractivity (Wildman–Crippen MR) is 136 cm³/mol. The fourth-order valence-corrected chi connectivity index (χ4v) is 5.42. The smallest absolute Gasteiger partial charge is 0.228 e. The molecule has 1 heterocycles. The van der Waals surface area contributed by atoms with Crippen molar-refractivity contribution < 1.29 is 4.79 Å². The molecule has 0 bridgehead atoms. The van der Waals surface area contributed by atoms with Crippen LogP contribution in [0.1, 0.15) is 12.8 Å². The second-order valence-electron chi connectivity index (χ2n) is 6.92. The Morgan fingerprint density at radius 3 is 2.53 bits per heavy atom. The van der Waals surface area contributed by atoms with Crippen LogP contribution in [-0.4, -0.2) is 55.0 Å². The number of aromatic nitrogens is 1. The van der Waals surface area contributed by atoms with Crippen LogP contribution in [-0.2, 0) is 4.79 Å². The summed E-state index contributed by atoms with van der Waals surface area (Å²) in [7, 11) is 4.06. The highest BCUT2D eigenvalue weighted by molar-refractivity contribution is 7.99. The van der Waals surface area contributed by atoms with Crippen LogP contribution in [0, 0.1) is 0 Å². The first-order valence-corrected chi connectivity index (χ1v) is 12.7. The second-order valence-corrected chi connectivity index (χ2v) is 9.94. The Morgan fingerprint density at radius 1 is 1.07 bits per heavy atom. The van der Waals surface area contributed by atoms with Crippen molar-refractivity contribution >= 4 is 68.5 Å². The lowest BCUT2D eigenvalue weighted by atomic mass is 10.3. The number of rotatable bonds is 10. The summed E-state index contributed by atoms with van der Waals surface area (Å²) in [6, 6.07) is 16.6. The minimum atomic E-state index is 0. The lowest BCUT2D eigenvalue weighted by Crippen LogP contribution is -2.36. The monoisotopic (exact) mass is 481 g/mol. The summed E-state index contributed by atoms with van der Waals surface area (Å²) >= 11 is 5.10. The number of benzene rings is 2. The molecule has 162 valence electrons. The maximum Gasteiger partial charge on any atom is 0.228 e. The zero-order chi connectivity index (χ0) is 20.6. The number of hydrogen-bond acceptors (Lipinski definition) is 6. The molecule has 2 aromatic carbocycles. The first kappa shape index (κ1) is 25.0. The quantitative estimate of drug-likeness (QED) is 0.266. The number of fused-ring (bicyclic) bond motifs is 1. The molecular weight excluding hydrogens is 454 g/mol. The number of thiazole rings is 1. The van der Waals surface area contributed by atoms with Crippen LogP contribution in [0.2, 0.25) is 0 Å². The molecule has 0 fully saturated rings. The Labute approximate surface area is 197 Å². The van der Waals surface area contributed by atoms with Crippen molar-refractivity contribution in [2.75, 3.05) is 44.1 Å². The zero-order valence-corrected chi connectivity index (χ0v) is 20.8. The summed E-state index contributed by atoms with van der Waals surface area (Å²) in [5.74, 6) is 1.10. The van der Waals surface area contributed by atoms with E-state index in [1.807, 2.05) is 37.2 Å². The zero-order valence-electron chi connectivity index (χ0n) is 17.5. The third kappa shape index (κ3) is 6.89. The first-order valence-electron chi connectivity index (χ1n) is 9.65. The van der Waals surface area contributed by atoms with Gasteiger partial charge in [0.25, 0.3) is 0 Å². The van der Waals surface area contributed by atoms with E-state index in [0.717, 1.165) is 39.0 Å². The van der Waals surface area contributed by atoms with Gasteiger partial charge in [-0.3, -0.25) is 9.69 Å². The van der Waals surface area contributed by atoms with Crippen molar-refractivity contribution in [2.24, 2.45) is 0 Å². The molecule has 0 unspecified atom stereocenters. The molecule has 3 aromatic rings. The molecule has 0 atom stereocenters. The van der Waals surface area contributed by atoms with Crippen molar-refractivity contribution in [2.45, 2.75) is 22.6 Å². The van der Waals surface area contributed by atoms with Crippen molar-refractivity contribution in [3.8, 4) is 0 Å². The molecule has 3 rings (SSSR count). The minimum absolute atomic E-state index is 0. The van der Waals surface area contributed by atoms with Gasteiger partial charge < -0.3 is 4.90 Å². The first-order chi connectivity index (χ1) is 14.1. The molecule has 1 amide bonds. The number of anilines is 1. The molecule has 0 saturated heterocycles. The molecule has 4 nitrogen and oxygen atoms in total. The van der Waals surface area contributed by atoms with Gasteiger partial charge in [0.2, 0.25) is 5.91 Å². The minimum Gasteiger partial charge on any atom is -0.308 e. The average Bonchev–Trinajstić information content (AvgIpc) is 3.15. The third-order valence-corrected chi connectivity index (χ3v) is 7.35. The van der Waals surface area contributed by atoms with Crippen LogP contribution in [0.25, 0.3) is 10.2 Å². The fraction of sp³-hybridized carbons (Fsp3) is 0.364. The number of likely N-dealkylation sites (N-methyl/N-ethyl adjacent to an activating group) is 1. The van der Waals surface area contributed by atoms with E-state index in [9.17, 15) is 4.79 Å². The van der Waals surface area contributed by atoms with Gasteiger partial charge >= 0.3 is 0 Å². The number of nitrogens with zero attached hydrogens (tertiary/aromatic N) is 3. The Kier molecular flexibility index (Phi) is 10.5. The van der Waals surface area contributed by atoms with E-state index in [1.54, 1.807) is 34.9 Å². The van der Waals surface area contributed by atoms with Crippen molar-refractivity contribution in [1.82, 2.24) is 9.88 Å². The largest absolute Gasteiger partial charge is 0.308 e. The summed E-state index contributed by atoms with van der Waals surface area (Å²) in [6.07, 6.45) is 3.46. The maximum atomic E-state index is 13.1. The van der Waals surface area contributed by atoms with Crippen LogP contribution in [0.5, 0.6) is 0 Å². The van der Waals surface area contributed by atoms with E-state index in [-0.39, 0.29) is 18.3 Å². The number of para-hydroxylation sites is 1. The Balaban J connectivity index is 0.00000320. The lowest BCUT2D eigenvalue weighted by Gasteiger charge is -2.22. The van der Waals surface area contributed by atoms with Crippen LogP contribution < -0.4 is 4.90 Å². The summed E-state index contributed by atoms with van der Waals surface area (Å²) in [4.78, 5) is 24.3. The van der Waals surface area contributed by atoms with E-state index < -0.39 is 0 Å². The summed E-state index contributed by atoms with van der Waals surface area (Å²) in [5, 5.41) is 0.809. The highest BCUT2D eigenvalue weighted by atomic mass is 35.5. The van der Waals surface area contributed by atoms with Crippen LogP contribution in [0.4, 0.5) is 5.13 Å². The van der Waals surface area contributed by atoms with E-state index in [4.69, 9.17) is 4.98 Å². The van der Waals surface area contributed by atoms with Crippen molar-refractivity contribution in [3.05, 3.63) is 48.5 Å². The van der Waals surface area contributed by atoms with Gasteiger partial charge in [-0.1, -0.05) is 35.6 Å². The fourth-order valence-electron chi connectivity index (χ4n) is 2.88. The van der Waals surface area contributed by atoms with Gasteiger partial charge in [-0.05, 0) is 56.8 Å². The van der Waals surface area contributed by atoms with Crippen LogP contribution in [0.3, 0.4) is 0 Å². The van der Waals surface area contributed by atoms with Crippen molar-refractivity contribution in [3.63, 3.8) is 0 Å². The van der Waals surface area contributed by atoms with Crippen LogP contribution in [0.15, 0.2) is 58.3 Å². The highest BCUT2D eigenvalue weighted by Crippen LogP contribution is 2.34. The molecule has 0 aliphatic carbocycles. The number of hydrogen-bond donors (Lipinski definition) is 0. The molecule has 1 aromatic heterocycles. The number of thioether (sulfide) groups is 2. The van der Waals surface area contributed by atoms with E-state index >= 15 is 0 Å². The average molecular weight is 482 g/mol.